The zero-order valence-electron chi connectivity index (χ0n) is 9.87. The van der Waals surface area contributed by atoms with Gasteiger partial charge in [-0.2, -0.15) is 0 Å². The number of hydrogen-bond donors (Lipinski definition) is 0. The molecule has 3 rings (SSSR count). The minimum atomic E-state index is 1.33. The molecule has 0 saturated heterocycles. The van der Waals surface area contributed by atoms with Gasteiger partial charge in [0.05, 0.1) is 11.4 Å². The summed E-state index contributed by atoms with van der Waals surface area (Å²) >= 11 is 3.73. The van der Waals surface area contributed by atoms with E-state index in [0.29, 0.717) is 0 Å². The highest BCUT2D eigenvalue weighted by molar-refractivity contribution is 7.19. The highest BCUT2D eigenvalue weighted by Gasteiger charge is 2.27. The molecule has 2 nitrogen and oxygen atoms in total. The van der Waals surface area contributed by atoms with Gasteiger partial charge in [0, 0.05) is 23.8 Å². The average molecular weight is 250 g/mol. The highest BCUT2D eigenvalue weighted by atomic mass is 32.1. The van der Waals surface area contributed by atoms with Crippen LogP contribution in [0.2, 0.25) is 0 Å². The summed E-state index contributed by atoms with van der Waals surface area (Å²) in [6.07, 6.45) is 0. The summed E-state index contributed by atoms with van der Waals surface area (Å²) in [6, 6.07) is 4.54. The van der Waals surface area contributed by atoms with Gasteiger partial charge in [0.15, 0.2) is 0 Å². The Bertz CT molecular complexity index is 460. The summed E-state index contributed by atoms with van der Waals surface area (Å²) in [7, 11) is 4.32. The molecule has 0 bridgehead atoms. The predicted molar refractivity (Wildman–Crippen MR) is 74.2 cm³/mol. The van der Waals surface area contributed by atoms with Crippen molar-refractivity contribution in [1.29, 1.82) is 0 Å². The minimum Gasteiger partial charge on any atom is -0.340 e. The Kier molecular flexibility index (Phi) is 2.06. The van der Waals surface area contributed by atoms with Crippen LogP contribution < -0.4 is 9.80 Å². The Morgan fingerprint density at radius 3 is 1.69 bits per heavy atom. The summed E-state index contributed by atoms with van der Waals surface area (Å²) in [5.41, 5.74) is 2.66. The van der Waals surface area contributed by atoms with Crippen molar-refractivity contribution in [2.75, 3.05) is 23.9 Å². The lowest BCUT2D eigenvalue weighted by Crippen LogP contribution is -2.20. The van der Waals surface area contributed by atoms with E-state index in [1.165, 1.54) is 31.1 Å². The predicted octanol–water partition coefficient (Wildman–Crippen LogP) is 4.28. The van der Waals surface area contributed by atoms with Crippen molar-refractivity contribution in [3.63, 3.8) is 0 Å². The molecule has 16 heavy (non-hydrogen) atoms. The molecule has 84 valence electrons. The largest absolute Gasteiger partial charge is 0.340 e. The van der Waals surface area contributed by atoms with Crippen LogP contribution in [0.3, 0.4) is 0 Å². The number of thiophene rings is 2. The van der Waals surface area contributed by atoms with E-state index in [2.05, 4.69) is 49.9 Å². The van der Waals surface area contributed by atoms with Crippen LogP contribution in [0.4, 0.5) is 21.4 Å². The van der Waals surface area contributed by atoms with E-state index in [1.54, 1.807) is 0 Å². The zero-order chi connectivity index (χ0) is 11.4. The molecule has 1 aliphatic heterocycles. The fourth-order valence-electron chi connectivity index (χ4n) is 2.16. The van der Waals surface area contributed by atoms with Gasteiger partial charge in [-0.1, -0.05) is 0 Å². The van der Waals surface area contributed by atoms with Gasteiger partial charge in [-0.3, -0.25) is 0 Å². The van der Waals surface area contributed by atoms with Gasteiger partial charge in [-0.05, 0) is 26.0 Å². The van der Waals surface area contributed by atoms with Gasteiger partial charge in [0.1, 0.15) is 10.0 Å². The van der Waals surface area contributed by atoms with Crippen molar-refractivity contribution in [2.24, 2.45) is 0 Å². The van der Waals surface area contributed by atoms with Crippen LogP contribution in [-0.4, -0.2) is 14.1 Å². The van der Waals surface area contributed by atoms with Crippen molar-refractivity contribution in [3.8, 4) is 0 Å². The molecule has 4 heteroatoms. The summed E-state index contributed by atoms with van der Waals surface area (Å²) in [5.74, 6) is 0. The normalized spacial score (nSPS) is 14.0. The number of anilines is 4. The lowest BCUT2D eigenvalue weighted by Gasteiger charge is -2.31. The second-order valence-corrected chi connectivity index (χ2v) is 6.68. The fourth-order valence-corrected chi connectivity index (χ4v) is 4.23. The van der Waals surface area contributed by atoms with Gasteiger partial charge in [-0.25, -0.2) is 0 Å². The van der Waals surface area contributed by atoms with Crippen LogP contribution in [0.1, 0.15) is 9.75 Å². The van der Waals surface area contributed by atoms with Gasteiger partial charge in [-0.15, -0.1) is 22.7 Å². The van der Waals surface area contributed by atoms with Crippen LogP contribution in [0, 0.1) is 13.8 Å². The van der Waals surface area contributed by atoms with Crippen LogP contribution in [0.15, 0.2) is 12.1 Å². The molecule has 3 heterocycles. The van der Waals surface area contributed by atoms with Crippen LogP contribution >= 0.6 is 22.7 Å². The molecule has 0 unspecified atom stereocenters. The van der Waals surface area contributed by atoms with Gasteiger partial charge >= 0.3 is 0 Å². The number of fused-ring (bicyclic) bond motifs is 2. The Labute approximate surface area is 104 Å². The molecule has 0 aliphatic carbocycles. The Hall–Kier alpha value is -1.00. The van der Waals surface area contributed by atoms with E-state index in [4.69, 9.17) is 0 Å². The third-order valence-electron chi connectivity index (χ3n) is 2.97. The third kappa shape index (κ3) is 1.23. The lowest BCUT2D eigenvalue weighted by atomic mass is 10.2. The molecule has 0 radical (unpaired) electrons. The minimum absolute atomic E-state index is 1.33. The zero-order valence-corrected chi connectivity index (χ0v) is 11.5. The number of nitrogens with zero attached hydrogens (tertiary/aromatic N) is 2. The third-order valence-corrected chi connectivity index (χ3v) is 5.20. The van der Waals surface area contributed by atoms with Crippen molar-refractivity contribution >= 4 is 44.1 Å². The molecule has 0 atom stereocenters. The van der Waals surface area contributed by atoms with Crippen molar-refractivity contribution in [1.82, 2.24) is 0 Å². The van der Waals surface area contributed by atoms with E-state index in [-0.39, 0.29) is 0 Å². The standard InChI is InChI=1S/C12H14N2S2/c1-7-5-9-11(15-7)14(4)12-10(13(9)3)6-8(2)16-12/h5-6H,1-4H3. The smallest absolute Gasteiger partial charge is 0.120 e. The summed E-state index contributed by atoms with van der Waals surface area (Å²) in [4.78, 5) is 7.36. The van der Waals surface area contributed by atoms with E-state index in [9.17, 15) is 0 Å². The maximum atomic E-state index is 2.32. The van der Waals surface area contributed by atoms with E-state index in [0.717, 1.165) is 0 Å². The van der Waals surface area contributed by atoms with E-state index < -0.39 is 0 Å². The first-order valence-corrected chi connectivity index (χ1v) is 6.89. The van der Waals surface area contributed by atoms with Gasteiger partial charge in [0.25, 0.3) is 0 Å². The second-order valence-electron chi connectivity index (χ2n) is 4.21. The van der Waals surface area contributed by atoms with Crippen molar-refractivity contribution in [2.45, 2.75) is 13.8 Å². The molecule has 0 fully saturated rings. The average Bonchev–Trinajstić information content (AvgIpc) is 2.78. The molecular formula is C12H14N2S2. The Balaban J connectivity index is 2.24. The monoisotopic (exact) mass is 250 g/mol. The van der Waals surface area contributed by atoms with E-state index in [1.807, 2.05) is 22.7 Å². The topological polar surface area (TPSA) is 6.48 Å². The maximum Gasteiger partial charge on any atom is 0.120 e. The van der Waals surface area contributed by atoms with Gasteiger partial charge in [0.2, 0.25) is 0 Å². The SMILES string of the molecule is Cc1cc2c(s1)N(C)c1sc(C)cc1N2C. The van der Waals surface area contributed by atoms with Crippen LogP contribution in [-0.2, 0) is 0 Å². The molecule has 1 aliphatic rings. The number of aryl methyl sites for hydroxylation is 2. The van der Waals surface area contributed by atoms with Crippen LogP contribution in [0.5, 0.6) is 0 Å². The molecule has 2 aromatic heterocycles. The first kappa shape index (κ1) is 10.2. The second kappa shape index (κ2) is 3.25. The lowest BCUT2D eigenvalue weighted by molar-refractivity contribution is 1.14. The summed E-state index contributed by atoms with van der Waals surface area (Å²) < 4.78 is 0. The number of rotatable bonds is 0. The molecule has 0 N–H and O–H groups in total. The van der Waals surface area contributed by atoms with Crippen molar-refractivity contribution in [3.05, 3.63) is 21.9 Å². The summed E-state index contributed by atoms with van der Waals surface area (Å²) in [5, 5.41) is 2.71. The fraction of sp³-hybridized carbons (Fsp3) is 0.333. The van der Waals surface area contributed by atoms with Gasteiger partial charge < -0.3 is 9.80 Å². The van der Waals surface area contributed by atoms with Crippen LogP contribution in [0.25, 0.3) is 0 Å². The first-order chi connectivity index (χ1) is 7.58. The van der Waals surface area contributed by atoms with E-state index >= 15 is 0 Å². The molecular weight excluding hydrogens is 236 g/mol. The highest BCUT2D eigenvalue weighted by Crippen LogP contribution is 2.53. The molecule has 2 aromatic rings. The Morgan fingerprint density at radius 1 is 0.812 bits per heavy atom. The quantitative estimate of drug-likeness (QED) is 0.688. The summed E-state index contributed by atoms with van der Waals surface area (Å²) in [6.45, 7) is 4.34. The first-order valence-electron chi connectivity index (χ1n) is 5.26. The molecule has 0 aromatic carbocycles. The Morgan fingerprint density at radius 2 is 1.25 bits per heavy atom. The molecule has 0 saturated carbocycles. The maximum absolute atomic E-state index is 2.32. The molecule has 0 amide bonds. The van der Waals surface area contributed by atoms with Crippen molar-refractivity contribution < 1.29 is 0 Å². The molecule has 0 spiro atoms. The number of hydrogen-bond acceptors (Lipinski definition) is 4.